The fraction of sp³-hybridized carbons (Fsp3) is 0.579. The molecule has 5 heteroatoms. The summed E-state index contributed by atoms with van der Waals surface area (Å²) in [4.78, 5) is 29.0. The number of benzene rings is 1. The van der Waals surface area contributed by atoms with Gasteiger partial charge in [-0.25, -0.2) is 4.39 Å². The normalized spacial score (nSPS) is 28.1. The summed E-state index contributed by atoms with van der Waals surface area (Å²) in [5.74, 6) is -0.384. The number of halogens is 1. The largest absolute Gasteiger partial charge is 0.340 e. The van der Waals surface area contributed by atoms with Crippen LogP contribution in [0.2, 0.25) is 0 Å². The van der Waals surface area contributed by atoms with Crippen molar-refractivity contribution < 1.29 is 14.0 Å². The number of rotatable bonds is 2. The number of nitrogens with zero attached hydrogens (tertiary/aromatic N) is 2. The lowest BCUT2D eigenvalue weighted by molar-refractivity contribution is -0.148. The van der Waals surface area contributed by atoms with Gasteiger partial charge in [-0.05, 0) is 50.3 Å². The molecule has 2 aliphatic rings. The van der Waals surface area contributed by atoms with Crippen LogP contribution in [0.15, 0.2) is 24.3 Å². The van der Waals surface area contributed by atoms with E-state index in [1.807, 2.05) is 4.90 Å². The van der Waals surface area contributed by atoms with Crippen molar-refractivity contribution in [1.82, 2.24) is 9.80 Å². The van der Waals surface area contributed by atoms with E-state index in [1.54, 1.807) is 24.1 Å². The van der Waals surface area contributed by atoms with Gasteiger partial charge in [0, 0.05) is 26.1 Å². The summed E-state index contributed by atoms with van der Waals surface area (Å²) in [7, 11) is 1.75. The van der Waals surface area contributed by atoms with Gasteiger partial charge in [0.1, 0.15) is 5.82 Å². The van der Waals surface area contributed by atoms with Crippen molar-refractivity contribution >= 4 is 11.8 Å². The molecular weight excluding hydrogens is 307 g/mol. The van der Waals surface area contributed by atoms with Crippen LogP contribution in [0, 0.1) is 11.7 Å². The Bertz CT molecular complexity index is 616. The molecule has 0 N–H and O–H groups in total. The van der Waals surface area contributed by atoms with Gasteiger partial charge >= 0.3 is 0 Å². The Kier molecular flexibility index (Phi) is 4.88. The van der Waals surface area contributed by atoms with E-state index in [0.717, 1.165) is 31.4 Å². The summed E-state index contributed by atoms with van der Waals surface area (Å²) in [6, 6.07) is 6.11. The van der Waals surface area contributed by atoms with Crippen LogP contribution in [0.25, 0.3) is 0 Å². The van der Waals surface area contributed by atoms with Crippen molar-refractivity contribution in [3.63, 3.8) is 0 Å². The van der Waals surface area contributed by atoms with Crippen molar-refractivity contribution in [3.05, 3.63) is 35.6 Å². The minimum atomic E-state index is -0.312. The zero-order valence-electron chi connectivity index (χ0n) is 14.4. The SMILES string of the molecule is C[C@@H]1CCCCN1C(=O)[C@H]1CCC(=O)N(C)[C@@H]1c1ccc(F)cc1. The summed E-state index contributed by atoms with van der Waals surface area (Å²) < 4.78 is 13.3. The molecule has 3 atom stereocenters. The molecule has 2 aliphatic heterocycles. The Hall–Kier alpha value is -1.91. The van der Waals surface area contributed by atoms with E-state index in [0.29, 0.717) is 12.8 Å². The Morgan fingerprint density at radius 3 is 2.54 bits per heavy atom. The van der Waals surface area contributed by atoms with E-state index in [9.17, 15) is 14.0 Å². The van der Waals surface area contributed by atoms with Gasteiger partial charge in [0.25, 0.3) is 0 Å². The number of amides is 2. The lowest BCUT2D eigenvalue weighted by Crippen LogP contribution is -2.51. The van der Waals surface area contributed by atoms with Crippen LogP contribution in [0.3, 0.4) is 0 Å². The smallest absolute Gasteiger partial charge is 0.228 e. The maximum atomic E-state index is 13.3. The Morgan fingerprint density at radius 1 is 1.17 bits per heavy atom. The molecule has 3 rings (SSSR count). The zero-order valence-corrected chi connectivity index (χ0v) is 14.4. The van der Waals surface area contributed by atoms with E-state index in [-0.39, 0.29) is 35.6 Å². The summed E-state index contributed by atoms with van der Waals surface area (Å²) >= 11 is 0. The third kappa shape index (κ3) is 3.17. The van der Waals surface area contributed by atoms with Crippen LogP contribution in [0.4, 0.5) is 4.39 Å². The van der Waals surface area contributed by atoms with Crippen LogP contribution >= 0.6 is 0 Å². The molecule has 4 nitrogen and oxygen atoms in total. The van der Waals surface area contributed by atoms with E-state index in [2.05, 4.69) is 6.92 Å². The summed E-state index contributed by atoms with van der Waals surface area (Å²) in [6.45, 7) is 2.89. The van der Waals surface area contributed by atoms with Crippen LogP contribution in [-0.2, 0) is 9.59 Å². The predicted octanol–water partition coefficient (Wildman–Crippen LogP) is 3.14. The molecule has 0 spiro atoms. The van der Waals surface area contributed by atoms with E-state index in [1.165, 1.54) is 12.1 Å². The van der Waals surface area contributed by atoms with Gasteiger partial charge in [0.05, 0.1) is 12.0 Å². The lowest BCUT2D eigenvalue weighted by Gasteiger charge is -2.43. The van der Waals surface area contributed by atoms with Crippen LogP contribution in [-0.4, -0.2) is 41.2 Å². The third-order valence-corrected chi connectivity index (χ3v) is 5.48. The fourth-order valence-electron chi connectivity index (χ4n) is 4.05. The van der Waals surface area contributed by atoms with Crippen molar-refractivity contribution in [2.24, 2.45) is 5.92 Å². The van der Waals surface area contributed by atoms with Crippen molar-refractivity contribution in [1.29, 1.82) is 0 Å². The Labute approximate surface area is 142 Å². The Morgan fingerprint density at radius 2 is 1.88 bits per heavy atom. The van der Waals surface area contributed by atoms with Gasteiger partial charge in [0.2, 0.25) is 11.8 Å². The summed E-state index contributed by atoms with van der Waals surface area (Å²) in [5.41, 5.74) is 0.829. The summed E-state index contributed by atoms with van der Waals surface area (Å²) in [5, 5.41) is 0. The lowest BCUT2D eigenvalue weighted by atomic mass is 9.83. The molecule has 2 fully saturated rings. The first-order valence-electron chi connectivity index (χ1n) is 8.80. The van der Waals surface area contributed by atoms with Crippen molar-refractivity contribution in [2.75, 3.05) is 13.6 Å². The van der Waals surface area contributed by atoms with Crippen LogP contribution < -0.4 is 0 Å². The number of hydrogen-bond acceptors (Lipinski definition) is 2. The van der Waals surface area contributed by atoms with Crippen LogP contribution in [0.1, 0.15) is 50.6 Å². The van der Waals surface area contributed by atoms with Gasteiger partial charge in [-0.3, -0.25) is 9.59 Å². The molecule has 2 heterocycles. The molecule has 1 aromatic rings. The second-order valence-electron chi connectivity index (χ2n) is 7.02. The molecule has 0 aliphatic carbocycles. The molecule has 0 bridgehead atoms. The highest BCUT2D eigenvalue weighted by molar-refractivity contribution is 5.85. The molecule has 0 unspecified atom stereocenters. The second kappa shape index (κ2) is 6.91. The predicted molar refractivity (Wildman–Crippen MR) is 89.7 cm³/mol. The minimum absolute atomic E-state index is 0.0417. The molecule has 2 saturated heterocycles. The van der Waals surface area contributed by atoms with Crippen LogP contribution in [0.5, 0.6) is 0 Å². The molecule has 24 heavy (non-hydrogen) atoms. The highest BCUT2D eigenvalue weighted by Crippen LogP contribution is 2.37. The third-order valence-electron chi connectivity index (χ3n) is 5.48. The van der Waals surface area contributed by atoms with Gasteiger partial charge in [-0.15, -0.1) is 0 Å². The molecule has 2 amide bonds. The molecule has 0 radical (unpaired) electrons. The first kappa shape index (κ1) is 16.9. The van der Waals surface area contributed by atoms with E-state index in [4.69, 9.17) is 0 Å². The molecule has 130 valence electrons. The molecular formula is C19H25FN2O2. The van der Waals surface area contributed by atoms with Gasteiger partial charge < -0.3 is 9.80 Å². The summed E-state index contributed by atoms with van der Waals surface area (Å²) in [6.07, 6.45) is 4.20. The zero-order chi connectivity index (χ0) is 17.3. The average Bonchev–Trinajstić information content (AvgIpc) is 2.58. The molecule has 0 saturated carbocycles. The highest BCUT2D eigenvalue weighted by Gasteiger charge is 2.41. The maximum Gasteiger partial charge on any atom is 0.228 e. The first-order chi connectivity index (χ1) is 11.5. The number of likely N-dealkylation sites (tertiary alicyclic amines) is 2. The number of carbonyl (C=O) groups excluding carboxylic acids is 2. The number of hydrogen-bond donors (Lipinski definition) is 0. The monoisotopic (exact) mass is 332 g/mol. The molecule has 0 aromatic heterocycles. The average molecular weight is 332 g/mol. The first-order valence-corrected chi connectivity index (χ1v) is 8.80. The van der Waals surface area contributed by atoms with E-state index >= 15 is 0 Å². The topological polar surface area (TPSA) is 40.6 Å². The number of piperidine rings is 2. The van der Waals surface area contributed by atoms with E-state index < -0.39 is 0 Å². The van der Waals surface area contributed by atoms with Crippen molar-refractivity contribution in [2.45, 2.75) is 51.1 Å². The molecule has 1 aromatic carbocycles. The second-order valence-corrected chi connectivity index (χ2v) is 7.02. The Balaban J connectivity index is 1.89. The number of carbonyl (C=O) groups is 2. The minimum Gasteiger partial charge on any atom is -0.340 e. The van der Waals surface area contributed by atoms with Gasteiger partial charge in [-0.1, -0.05) is 12.1 Å². The standard InChI is InChI=1S/C19H25FN2O2/c1-13-5-3-4-12-22(13)19(24)16-10-11-17(23)21(2)18(16)14-6-8-15(20)9-7-14/h6-9,13,16,18H,3-5,10-12H2,1-2H3/t13-,16+,18-/m1/s1. The van der Waals surface area contributed by atoms with Crippen molar-refractivity contribution in [3.8, 4) is 0 Å². The quantitative estimate of drug-likeness (QED) is 0.835. The fourth-order valence-corrected chi connectivity index (χ4v) is 4.05. The van der Waals surface area contributed by atoms with Gasteiger partial charge in [-0.2, -0.15) is 0 Å². The maximum absolute atomic E-state index is 13.3. The van der Waals surface area contributed by atoms with Gasteiger partial charge in [0.15, 0.2) is 0 Å². The highest BCUT2D eigenvalue weighted by atomic mass is 19.1.